The molecule has 7 nitrogen and oxygen atoms in total. The molecular weight excluding hydrogens is 376 g/mol. The lowest BCUT2D eigenvalue weighted by atomic mass is 10.00. The van der Waals surface area contributed by atoms with Crippen molar-refractivity contribution in [3.05, 3.63) is 46.4 Å². The number of aliphatic hydroxyl groups excluding tert-OH is 1. The average Bonchev–Trinajstić information content (AvgIpc) is 3.18. The van der Waals surface area contributed by atoms with Crippen molar-refractivity contribution in [2.24, 2.45) is 5.92 Å². The Labute approximate surface area is 156 Å². The van der Waals surface area contributed by atoms with Crippen LogP contribution < -0.4 is 0 Å². The van der Waals surface area contributed by atoms with Crippen molar-refractivity contribution in [1.29, 1.82) is 0 Å². The maximum Gasteiger partial charge on any atom is 0.350 e. The number of carbonyl (C=O) groups is 1. The number of pyridine rings is 1. The Balaban J connectivity index is 1.72. The van der Waals surface area contributed by atoms with Crippen molar-refractivity contribution < 1.29 is 23.1 Å². The number of aliphatic hydroxyl groups is 1. The Morgan fingerprint density at radius 1 is 1.31 bits per heavy atom. The van der Waals surface area contributed by atoms with E-state index < -0.39 is 16.0 Å². The minimum absolute atomic E-state index is 0.0149. The standard InChI is InChI=1S/C17H20N2O5S2/c20-11-13-4-8-19(9-5-13)26(22,23)15-6-10-25-16(15)17(21)24-12-14-3-1-2-7-18-14/h1-3,6-7,10,13,20H,4-5,8-9,11-12H2. The van der Waals surface area contributed by atoms with Crippen LogP contribution in [0.25, 0.3) is 0 Å². The van der Waals surface area contributed by atoms with Crippen LogP contribution in [0.3, 0.4) is 0 Å². The molecule has 0 aliphatic carbocycles. The predicted molar refractivity (Wildman–Crippen MR) is 96.2 cm³/mol. The topological polar surface area (TPSA) is 96.8 Å². The van der Waals surface area contributed by atoms with Gasteiger partial charge in [-0.15, -0.1) is 11.3 Å². The second kappa shape index (κ2) is 8.26. The third kappa shape index (κ3) is 4.12. The van der Waals surface area contributed by atoms with Gasteiger partial charge in [0.15, 0.2) is 0 Å². The second-order valence-corrected chi connectivity index (χ2v) is 8.86. The molecule has 0 atom stereocenters. The molecule has 3 heterocycles. The summed E-state index contributed by atoms with van der Waals surface area (Å²) in [4.78, 5) is 16.5. The van der Waals surface area contributed by atoms with E-state index >= 15 is 0 Å². The molecule has 26 heavy (non-hydrogen) atoms. The summed E-state index contributed by atoms with van der Waals surface area (Å²) in [5.74, 6) is -0.541. The highest BCUT2D eigenvalue weighted by molar-refractivity contribution is 7.89. The highest BCUT2D eigenvalue weighted by atomic mass is 32.2. The van der Waals surface area contributed by atoms with Crippen LogP contribution in [0.15, 0.2) is 40.7 Å². The SMILES string of the molecule is O=C(OCc1ccccn1)c1sccc1S(=O)(=O)N1CCC(CO)CC1. The van der Waals surface area contributed by atoms with Crippen LogP contribution in [-0.2, 0) is 21.4 Å². The van der Waals surface area contributed by atoms with Crippen LogP contribution in [0.5, 0.6) is 0 Å². The summed E-state index contributed by atoms with van der Waals surface area (Å²) in [6.07, 6.45) is 2.82. The largest absolute Gasteiger partial charge is 0.455 e. The van der Waals surface area contributed by atoms with Crippen LogP contribution in [0, 0.1) is 5.92 Å². The quantitative estimate of drug-likeness (QED) is 0.749. The van der Waals surface area contributed by atoms with Gasteiger partial charge in [-0.2, -0.15) is 4.31 Å². The van der Waals surface area contributed by atoms with Gasteiger partial charge in [0.05, 0.1) is 5.69 Å². The number of aromatic nitrogens is 1. The summed E-state index contributed by atoms with van der Waals surface area (Å²) < 4.78 is 32.4. The third-order valence-electron chi connectivity index (χ3n) is 4.34. The Kier molecular flexibility index (Phi) is 6.02. The number of hydrogen-bond acceptors (Lipinski definition) is 7. The molecule has 1 fully saturated rings. The summed E-state index contributed by atoms with van der Waals surface area (Å²) in [6, 6.07) is 6.71. The van der Waals surface area contributed by atoms with E-state index in [-0.39, 0.29) is 28.9 Å². The van der Waals surface area contributed by atoms with E-state index in [1.165, 1.54) is 10.4 Å². The number of thiophene rings is 1. The molecule has 3 rings (SSSR count). The highest BCUT2D eigenvalue weighted by Gasteiger charge is 2.33. The Morgan fingerprint density at radius 2 is 2.08 bits per heavy atom. The maximum atomic E-state index is 12.9. The Hall–Kier alpha value is -1.81. The minimum atomic E-state index is -3.76. The van der Waals surface area contributed by atoms with Crippen molar-refractivity contribution in [3.63, 3.8) is 0 Å². The number of rotatable bonds is 6. The first-order valence-electron chi connectivity index (χ1n) is 8.28. The van der Waals surface area contributed by atoms with E-state index in [9.17, 15) is 18.3 Å². The summed E-state index contributed by atoms with van der Waals surface area (Å²) in [7, 11) is -3.76. The van der Waals surface area contributed by atoms with Crippen LogP contribution in [0.2, 0.25) is 0 Å². The molecule has 1 saturated heterocycles. The monoisotopic (exact) mass is 396 g/mol. The summed E-state index contributed by atoms with van der Waals surface area (Å²) in [5, 5.41) is 10.8. The molecule has 1 aliphatic heterocycles. The average molecular weight is 396 g/mol. The fourth-order valence-corrected chi connectivity index (χ4v) is 5.56. The van der Waals surface area contributed by atoms with Gasteiger partial charge in [0.1, 0.15) is 16.4 Å². The number of carbonyl (C=O) groups excluding carboxylic acids is 1. The Bertz CT molecular complexity index is 843. The van der Waals surface area contributed by atoms with Gasteiger partial charge < -0.3 is 9.84 Å². The summed E-state index contributed by atoms with van der Waals surface area (Å²) >= 11 is 1.05. The van der Waals surface area contributed by atoms with Gasteiger partial charge >= 0.3 is 5.97 Å². The lowest BCUT2D eigenvalue weighted by Crippen LogP contribution is -2.39. The molecule has 0 saturated carbocycles. The zero-order valence-corrected chi connectivity index (χ0v) is 15.7. The molecule has 0 unspecified atom stereocenters. The van der Waals surface area contributed by atoms with Crippen molar-refractivity contribution in [3.8, 4) is 0 Å². The zero-order chi connectivity index (χ0) is 18.6. The molecule has 0 aromatic carbocycles. The maximum absolute atomic E-state index is 12.9. The van der Waals surface area contributed by atoms with Crippen molar-refractivity contribution in [1.82, 2.24) is 9.29 Å². The molecule has 0 bridgehead atoms. The zero-order valence-electron chi connectivity index (χ0n) is 14.1. The summed E-state index contributed by atoms with van der Waals surface area (Å²) in [6.45, 7) is 0.730. The molecule has 9 heteroatoms. The number of esters is 1. The second-order valence-electron chi connectivity index (χ2n) is 6.04. The van der Waals surface area contributed by atoms with Gasteiger partial charge in [0, 0.05) is 25.9 Å². The first kappa shape index (κ1) is 19.0. The van der Waals surface area contributed by atoms with E-state index in [4.69, 9.17) is 4.74 Å². The van der Waals surface area contributed by atoms with E-state index in [0.29, 0.717) is 31.6 Å². The number of sulfonamides is 1. The van der Waals surface area contributed by atoms with Crippen LogP contribution in [0.1, 0.15) is 28.2 Å². The van der Waals surface area contributed by atoms with Gasteiger partial charge in [0.2, 0.25) is 10.0 Å². The predicted octanol–water partition coefficient (Wildman–Crippen LogP) is 1.89. The first-order chi connectivity index (χ1) is 12.5. The number of piperidine rings is 1. The molecule has 0 spiro atoms. The van der Waals surface area contributed by atoms with Gasteiger partial charge in [-0.25, -0.2) is 13.2 Å². The van der Waals surface area contributed by atoms with E-state index in [2.05, 4.69) is 4.98 Å². The lowest BCUT2D eigenvalue weighted by molar-refractivity contribution is 0.0469. The number of hydrogen-bond donors (Lipinski definition) is 1. The van der Waals surface area contributed by atoms with Crippen molar-refractivity contribution in [2.75, 3.05) is 19.7 Å². The molecule has 1 aliphatic rings. The highest BCUT2D eigenvalue weighted by Crippen LogP contribution is 2.29. The van der Waals surface area contributed by atoms with Gasteiger partial charge in [0.25, 0.3) is 0 Å². The first-order valence-corrected chi connectivity index (χ1v) is 10.6. The fraction of sp³-hybridized carbons (Fsp3) is 0.412. The smallest absolute Gasteiger partial charge is 0.350 e. The fourth-order valence-electron chi connectivity index (χ4n) is 2.81. The normalized spacial score (nSPS) is 16.5. The van der Waals surface area contributed by atoms with Gasteiger partial charge in [-0.05, 0) is 42.3 Å². The van der Waals surface area contributed by atoms with Crippen LogP contribution in [0.4, 0.5) is 0 Å². The third-order valence-corrected chi connectivity index (χ3v) is 7.31. The number of ether oxygens (including phenoxy) is 1. The van der Waals surface area contributed by atoms with E-state index in [1.54, 1.807) is 29.8 Å². The van der Waals surface area contributed by atoms with Crippen molar-refractivity contribution in [2.45, 2.75) is 24.3 Å². The molecule has 0 amide bonds. The van der Waals surface area contributed by atoms with Gasteiger partial charge in [-0.3, -0.25) is 4.98 Å². The summed E-state index contributed by atoms with van der Waals surface area (Å²) in [5.41, 5.74) is 0.591. The van der Waals surface area contributed by atoms with E-state index in [0.717, 1.165) is 11.3 Å². The van der Waals surface area contributed by atoms with Crippen LogP contribution in [-0.4, -0.2) is 48.5 Å². The molecule has 2 aromatic rings. The number of nitrogens with zero attached hydrogens (tertiary/aromatic N) is 2. The lowest BCUT2D eigenvalue weighted by Gasteiger charge is -2.30. The molecule has 1 N–H and O–H groups in total. The minimum Gasteiger partial charge on any atom is -0.455 e. The molecular formula is C17H20N2O5S2. The Morgan fingerprint density at radius 3 is 2.73 bits per heavy atom. The van der Waals surface area contributed by atoms with Crippen LogP contribution >= 0.6 is 11.3 Å². The van der Waals surface area contributed by atoms with Crippen molar-refractivity contribution >= 4 is 27.3 Å². The van der Waals surface area contributed by atoms with Gasteiger partial charge in [-0.1, -0.05) is 6.07 Å². The van der Waals surface area contributed by atoms with E-state index in [1.807, 2.05) is 0 Å². The molecule has 140 valence electrons. The molecule has 0 radical (unpaired) electrons. The molecule has 2 aromatic heterocycles.